The normalized spacial score (nSPS) is 20.3. The van der Waals surface area contributed by atoms with Crippen LogP contribution in [0.15, 0.2) is 24.3 Å². The third-order valence-corrected chi connectivity index (χ3v) is 6.96. The van der Waals surface area contributed by atoms with E-state index in [-0.39, 0.29) is 29.5 Å². The van der Waals surface area contributed by atoms with Gasteiger partial charge in [-0.05, 0) is 49.5 Å². The Kier molecular flexibility index (Phi) is 7.88. The standard InChI is InChI=1S/C24H35N3O3/c25-22(26)19-13-11-16(12-14-19)15-20(17-7-3-1-4-8-17)23(28)27-21(24(29)30)18-9-5-2-6-10-18/h11-14,17-18,20-21H,1-10,15H2,(H3,25,26)(H,27,28)(H,29,30). The molecule has 0 aliphatic heterocycles. The number of hydrogen-bond donors (Lipinski definition) is 4. The first kappa shape index (κ1) is 22.3. The summed E-state index contributed by atoms with van der Waals surface area (Å²) in [7, 11) is 0. The average Bonchev–Trinajstić information content (AvgIpc) is 2.77. The van der Waals surface area contributed by atoms with E-state index in [0.717, 1.165) is 63.4 Å². The summed E-state index contributed by atoms with van der Waals surface area (Å²) in [5.41, 5.74) is 7.24. The van der Waals surface area contributed by atoms with Crippen molar-refractivity contribution in [2.75, 3.05) is 0 Å². The predicted molar refractivity (Wildman–Crippen MR) is 117 cm³/mol. The third-order valence-electron chi connectivity index (χ3n) is 6.96. The van der Waals surface area contributed by atoms with Gasteiger partial charge in [0.05, 0.1) is 0 Å². The van der Waals surface area contributed by atoms with Gasteiger partial charge < -0.3 is 16.2 Å². The van der Waals surface area contributed by atoms with E-state index in [1.807, 2.05) is 24.3 Å². The lowest BCUT2D eigenvalue weighted by atomic mass is 9.76. The second kappa shape index (κ2) is 10.6. The quantitative estimate of drug-likeness (QED) is 0.382. The maximum absolute atomic E-state index is 13.4. The van der Waals surface area contributed by atoms with Gasteiger partial charge in [0.25, 0.3) is 0 Å². The van der Waals surface area contributed by atoms with E-state index in [1.165, 1.54) is 6.42 Å². The van der Waals surface area contributed by atoms with Crippen LogP contribution in [0.5, 0.6) is 0 Å². The Labute approximate surface area is 179 Å². The molecule has 0 radical (unpaired) electrons. The summed E-state index contributed by atoms with van der Waals surface area (Å²) in [4.78, 5) is 25.3. The fourth-order valence-corrected chi connectivity index (χ4v) is 5.19. The smallest absolute Gasteiger partial charge is 0.326 e. The summed E-state index contributed by atoms with van der Waals surface area (Å²) in [5.74, 6) is -0.910. The van der Waals surface area contributed by atoms with E-state index >= 15 is 0 Å². The van der Waals surface area contributed by atoms with Crippen molar-refractivity contribution in [3.8, 4) is 0 Å². The highest BCUT2D eigenvalue weighted by molar-refractivity contribution is 5.94. The molecule has 6 nitrogen and oxygen atoms in total. The number of aliphatic carboxylic acids is 1. The minimum atomic E-state index is -0.913. The Morgan fingerprint density at radius 1 is 0.967 bits per heavy atom. The van der Waals surface area contributed by atoms with Crippen molar-refractivity contribution in [2.45, 2.75) is 76.7 Å². The molecule has 5 N–H and O–H groups in total. The molecule has 0 bridgehead atoms. The summed E-state index contributed by atoms with van der Waals surface area (Å²) in [6.07, 6.45) is 11.1. The molecule has 1 aromatic rings. The van der Waals surface area contributed by atoms with Crippen LogP contribution in [0.4, 0.5) is 0 Å². The van der Waals surface area contributed by atoms with Crippen LogP contribution in [0.25, 0.3) is 0 Å². The van der Waals surface area contributed by atoms with Gasteiger partial charge >= 0.3 is 5.97 Å². The van der Waals surface area contributed by atoms with Crippen molar-refractivity contribution in [2.24, 2.45) is 23.5 Å². The first-order valence-electron chi connectivity index (χ1n) is 11.4. The molecule has 0 heterocycles. The molecule has 6 heteroatoms. The molecule has 0 spiro atoms. The number of rotatable bonds is 8. The SMILES string of the molecule is N=C(N)c1ccc(CC(C(=O)NC(C(=O)O)C2CCCCC2)C2CCCCC2)cc1. The van der Waals surface area contributed by atoms with E-state index < -0.39 is 12.0 Å². The number of benzene rings is 1. The number of hydrogen-bond acceptors (Lipinski definition) is 3. The van der Waals surface area contributed by atoms with Gasteiger partial charge in [0.2, 0.25) is 5.91 Å². The van der Waals surface area contributed by atoms with Crippen LogP contribution in [-0.4, -0.2) is 28.9 Å². The Hall–Kier alpha value is -2.37. The van der Waals surface area contributed by atoms with Crippen LogP contribution in [0.2, 0.25) is 0 Å². The Bertz CT molecular complexity index is 735. The number of carbonyl (C=O) groups excluding carboxylic acids is 1. The highest BCUT2D eigenvalue weighted by Gasteiger charge is 2.35. The lowest BCUT2D eigenvalue weighted by Crippen LogP contribution is -2.50. The topological polar surface area (TPSA) is 116 Å². The second-order valence-corrected chi connectivity index (χ2v) is 9.04. The molecule has 2 aliphatic carbocycles. The van der Waals surface area contributed by atoms with Crippen LogP contribution < -0.4 is 11.1 Å². The number of carbonyl (C=O) groups is 2. The molecule has 3 rings (SSSR count). The molecule has 2 fully saturated rings. The molecule has 30 heavy (non-hydrogen) atoms. The third kappa shape index (κ3) is 5.83. The van der Waals surface area contributed by atoms with Crippen molar-refractivity contribution in [1.29, 1.82) is 5.41 Å². The Morgan fingerprint density at radius 3 is 2.00 bits per heavy atom. The first-order chi connectivity index (χ1) is 14.5. The molecule has 2 atom stereocenters. The number of amidine groups is 1. The lowest BCUT2D eigenvalue weighted by molar-refractivity contribution is -0.145. The number of amides is 1. The highest BCUT2D eigenvalue weighted by Crippen LogP contribution is 2.33. The maximum atomic E-state index is 13.4. The summed E-state index contributed by atoms with van der Waals surface area (Å²) in [5, 5.41) is 20.3. The van der Waals surface area contributed by atoms with Gasteiger partial charge in [0.1, 0.15) is 11.9 Å². The van der Waals surface area contributed by atoms with Crippen molar-refractivity contribution in [1.82, 2.24) is 5.32 Å². The largest absolute Gasteiger partial charge is 0.480 e. The van der Waals surface area contributed by atoms with Crippen LogP contribution in [0, 0.1) is 23.2 Å². The summed E-state index contributed by atoms with van der Waals surface area (Å²) >= 11 is 0. The number of carboxylic acid groups (broad SMARTS) is 1. The van der Waals surface area contributed by atoms with Gasteiger partial charge in [-0.2, -0.15) is 0 Å². The summed E-state index contributed by atoms with van der Waals surface area (Å²) in [6, 6.07) is 6.69. The molecular formula is C24H35N3O3. The Morgan fingerprint density at radius 2 is 1.50 bits per heavy atom. The number of nitrogens with two attached hydrogens (primary N) is 1. The van der Waals surface area contributed by atoms with E-state index in [9.17, 15) is 14.7 Å². The molecule has 2 aliphatic rings. The summed E-state index contributed by atoms with van der Waals surface area (Å²) in [6.45, 7) is 0. The fraction of sp³-hybridized carbons (Fsp3) is 0.625. The molecule has 0 aromatic heterocycles. The van der Waals surface area contributed by atoms with Crippen LogP contribution in [0.3, 0.4) is 0 Å². The number of nitrogens with one attached hydrogen (secondary N) is 2. The van der Waals surface area contributed by atoms with Crippen LogP contribution >= 0.6 is 0 Å². The lowest BCUT2D eigenvalue weighted by Gasteiger charge is -2.33. The Balaban J connectivity index is 1.75. The highest BCUT2D eigenvalue weighted by atomic mass is 16.4. The van der Waals surface area contributed by atoms with Gasteiger partial charge in [-0.25, -0.2) is 4.79 Å². The van der Waals surface area contributed by atoms with Gasteiger partial charge in [0, 0.05) is 11.5 Å². The van der Waals surface area contributed by atoms with E-state index in [1.54, 1.807) is 0 Å². The summed E-state index contributed by atoms with van der Waals surface area (Å²) < 4.78 is 0. The van der Waals surface area contributed by atoms with Gasteiger partial charge in [-0.15, -0.1) is 0 Å². The molecule has 164 valence electrons. The number of carboxylic acids is 1. The minimum absolute atomic E-state index is 0.0277. The number of nitrogen functional groups attached to an aromatic ring is 1. The minimum Gasteiger partial charge on any atom is -0.480 e. The monoisotopic (exact) mass is 413 g/mol. The molecule has 1 aromatic carbocycles. The molecule has 2 unspecified atom stereocenters. The van der Waals surface area contributed by atoms with E-state index in [4.69, 9.17) is 11.1 Å². The fourth-order valence-electron chi connectivity index (χ4n) is 5.19. The second-order valence-electron chi connectivity index (χ2n) is 9.04. The van der Waals surface area contributed by atoms with Crippen LogP contribution in [-0.2, 0) is 16.0 Å². The average molecular weight is 414 g/mol. The van der Waals surface area contributed by atoms with Gasteiger partial charge in [-0.3, -0.25) is 10.2 Å². The van der Waals surface area contributed by atoms with E-state index in [2.05, 4.69) is 5.32 Å². The van der Waals surface area contributed by atoms with E-state index in [0.29, 0.717) is 12.0 Å². The van der Waals surface area contributed by atoms with Crippen molar-refractivity contribution in [3.63, 3.8) is 0 Å². The molecule has 2 saturated carbocycles. The van der Waals surface area contributed by atoms with Gasteiger partial charge in [-0.1, -0.05) is 62.8 Å². The van der Waals surface area contributed by atoms with Crippen molar-refractivity contribution < 1.29 is 14.7 Å². The zero-order valence-electron chi connectivity index (χ0n) is 17.7. The van der Waals surface area contributed by atoms with Crippen LogP contribution in [0.1, 0.15) is 75.3 Å². The zero-order valence-corrected chi connectivity index (χ0v) is 17.7. The maximum Gasteiger partial charge on any atom is 0.326 e. The molecule has 0 saturated heterocycles. The van der Waals surface area contributed by atoms with Crippen molar-refractivity contribution in [3.05, 3.63) is 35.4 Å². The molecule has 1 amide bonds. The van der Waals surface area contributed by atoms with Gasteiger partial charge in [0.15, 0.2) is 0 Å². The molecular weight excluding hydrogens is 378 g/mol. The first-order valence-corrected chi connectivity index (χ1v) is 11.4. The zero-order chi connectivity index (χ0) is 21.5. The van der Waals surface area contributed by atoms with Crippen molar-refractivity contribution >= 4 is 17.7 Å². The predicted octanol–water partition coefficient (Wildman–Crippen LogP) is 3.86.